The summed E-state index contributed by atoms with van der Waals surface area (Å²) in [5.74, 6) is -0.675. The predicted octanol–water partition coefficient (Wildman–Crippen LogP) is 2.62. The summed E-state index contributed by atoms with van der Waals surface area (Å²) >= 11 is 0. The van der Waals surface area contributed by atoms with Crippen molar-refractivity contribution in [3.8, 4) is 5.75 Å². The zero-order chi connectivity index (χ0) is 18.2. The van der Waals surface area contributed by atoms with Gasteiger partial charge in [-0.3, -0.25) is 9.59 Å². The largest absolute Gasteiger partial charge is 0.497 e. The Kier molecular flexibility index (Phi) is 6.51. The molecule has 2 aromatic carbocycles. The zero-order valence-electron chi connectivity index (χ0n) is 14.1. The Hall–Kier alpha value is -2.89. The Balaban J connectivity index is 1.79. The summed E-state index contributed by atoms with van der Waals surface area (Å²) in [7, 11) is 1.58. The summed E-state index contributed by atoms with van der Waals surface area (Å²) in [5, 5.41) is 2.70. The Morgan fingerprint density at radius 3 is 2.48 bits per heavy atom. The monoisotopic (exact) mass is 345 g/mol. The number of carbonyl (C=O) groups excluding carboxylic acids is 2. The second kappa shape index (κ2) is 8.82. The smallest absolute Gasteiger partial charge is 0.311 e. The molecule has 0 saturated heterocycles. The molecule has 132 valence electrons. The maximum absolute atomic E-state index is 13.1. The molecule has 0 heterocycles. The molecule has 2 rings (SSSR count). The van der Waals surface area contributed by atoms with E-state index in [1.165, 1.54) is 25.1 Å². The van der Waals surface area contributed by atoms with Gasteiger partial charge in [0.1, 0.15) is 11.6 Å². The fourth-order valence-electron chi connectivity index (χ4n) is 2.18. The first-order valence-electron chi connectivity index (χ1n) is 7.82. The topological polar surface area (TPSA) is 64.6 Å². The number of halogens is 1. The highest BCUT2D eigenvalue weighted by molar-refractivity contribution is 5.83. The van der Waals surface area contributed by atoms with E-state index in [9.17, 15) is 14.0 Å². The second-order valence-electron chi connectivity index (χ2n) is 5.50. The number of methoxy groups -OCH3 is 1. The molecule has 25 heavy (non-hydrogen) atoms. The quantitative estimate of drug-likeness (QED) is 0.784. The lowest BCUT2D eigenvalue weighted by Gasteiger charge is -2.14. The number of ether oxygens (including phenoxy) is 2. The van der Waals surface area contributed by atoms with Crippen LogP contribution in [0.25, 0.3) is 0 Å². The van der Waals surface area contributed by atoms with Gasteiger partial charge in [0.05, 0.1) is 13.5 Å². The van der Waals surface area contributed by atoms with E-state index in [0.717, 1.165) is 11.3 Å². The molecule has 0 radical (unpaired) electrons. The molecule has 0 fully saturated rings. The van der Waals surface area contributed by atoms with Crippen LogP contribution < -0.4 is 10.1 Å². The third kappa shape index (κ3) is 5.91. The van der Waals surface area contributed by atoms with Gasteiger partial charge in [-0.25, -0.2) is 4.39 Å². The number of nitrogens with one attached hydrogen (secondary N) is 1. The number of carbonyl (C=O) groups is 2. The highest BCUT2D eigenvalue weighted by atomic mass is 19.1. The molecule has 5 nitrogen and oxygen atoms in total. The summed E-state index contributed by atoms with van der Waals surface area (Å²) < 4.78 is 23.2. The minimum absolute atomic E-state index is 0.0894. The molecule has 1 amide bonds. The van der Waals surface area contributed by atoms with Crippen molar-refractivity contribution in [3.05, 3.63) is 65.5 Å². The molecular formula is C19H20FNO4. The number of amides is 1. The van der Waals surface area contributed by atoms with Crippen molar-refractivity contribution in [3.63, 3.8) is 0 Å². The molecule has 0 aliphatic heterocycles. The van der Waals surface area contributed by atoms with Gasteiger partial charge in [-0.05, 0) is 42.3 Å². The second-order valence-corrected chi connectivity index (χ2v) is 5.50. The van der Waals surface area contributed by atoms with E-state index in [1.54, 1.807) is 25.3 Å². The van der Waals surface area contributed by atoms with Gasteiger partial charge in [-0.2, -0.15) is 0 Å². The van der Waals surface area contributed by atoms with Crippen molar-refractivity contribution in [2.24, 2.45) is 0 Å². The van der Waals surface area contributed by atoms with Gasteiger partial charge in [-0.15, -0.1) is 0 Å². The maximum atomic E-state index is 13.1. The number of benzene rings is 2. The highest BCUT2D eigenvalue weighted by Gasteiger charge is 2.17. The molecule has 0 spiro atoms. The molecule has 1 atom stereocenters. The minimum Gasteiger partial charge on any atom is -0.497 e. The van der Waals surface area contributed by atoms with Crippen molar-refractivity contribution < 1.29 is 23.5 Å². The Morgan fingerprint density at radius 1 is 1.12 bits per heavy atom. The summed E-state index contributed by atoms with van der Waals surface area (Å²) in [6, 6.07) is 13.0. The Bertz CT molecular complexity index is 730. The average Bonchev–Trinajstić information content (AvgIpc) is 2.59. The summed E-state index contributed by atoms with van der Waals surface area (Å²) in [5.41, 5.74) is 1.39. The minimum atomic E-state index is -0.931. The first kappa shape index (κ1) is 18.4. The predicted molar refractivity (Wildman–Crippen MR) is 90.5 cm³/mol. The molecule has 0 aromatic heterocycles. The summed E-state index contributed by atoms with van der Waals surface area (Å²) in [6.07, 6.45) is -1.02. The molecule has 2 aromatic rings. The van der Waals surface area contributed by atoms with E-state index in [2.05, 4.69) is 5.32 Å². The lowest BCUT2D eigenvalue weighted by Crippen LogP contribution is -2.35. The lowest BCUT2D eigenvalue weighted by molar-refractivity contribution is -0.154. The third-order valence-electron chi connectivity index (χ3n) is 3.54. The number of hydrogen-bond donors (Lipinski definition) is 1. The van der Waals surface area contributed by atoms with Gasteiger partial charge in [0, 0.05) is 6.54 Å². The van der Waals surface area contributed by atoms with Gasteiger partial charge in [-0.1, -0.05) is 24.3 Å². The molecule has 6 heteroatoms. The van der Waals surface area contributed by atoms with E-state index in [4.69, 9.17) is 9.47 Å². The van der Waals surface area contributed by atoms with Crippen LogP contribution in [0.1, 0.15) is 18.1 Å². The van der Waals surface area contributed by atoms with Crippen molar-refractivity contribution in [1.29, 1.82) is 0 Å². The number of esters is 1. The van der Waals surface area contributed by atoms with Gasteiger partial charge >= 0.3 is 5.97 Å². The first-order valence-corrected chi connectivity index (χ1v) is 7.82. The van der Waals surface area contributed by atoms with Gasteiger partial charge in [0.2, 0.25) is 0 Å². The normalized spacial score (nSPS) is 11.5. The SMILES string of the molecule is COc1ccc(CNC(=O)[C@H](C)OC(=O)Cc2cccc(F)c2)cc1. The van der Waals surface area contributed by atoms with Crippen LogP contribution in [-0.2, 0) is 27.3 Å². The van der Waals surface area contributed by atoms with Gasteiger partial charge in [0.15, 0.2) is 6.10 Å². The van der Waals surface area contributed by atoms with E-state index in [0.29, 0.717) is 12.1 Å². The van der Waals surface area contributed by atoms with E-state index < -0.39 is 23.8 Å². The molecule has 1 N–H and O–H groups in total. The van der Waals surface area contributed by atoms with Gasteiger partial charge in [0.25, 0.3) is 5.91 Å². The Morgan fingerprint density at radius 2 is 1.84 bits per heavy atom. The number of rotatable bonds is 7. The van der Waals surface area contributed by atoms with E-state index in [-0.39, 0.29) is 6.42 Å². The van der Waals surface area contributed by atoms with Crippen molar-refractivity contribution >= 4 is 11.9 Å². The molecule has 0 aliphatic carbocycles. The van der Waals surface area contributed by atoms with Crippen molar-refractivity contribution in [1.82, 2.24) is 5.32 Å². The van der Waals surface area contributed by atoms with Crippen LogP contribution in [0.4, 0.5) is 4.39 Å². The highest BCUT2D eigenvalue weighted by Crippen LogP contribution is 2.11. The zero-order valence-corrected chi connectivity index (χ0v) is 14.1. The average molecular weight is 345 g/mol. The number of hydrogen-bond acceptors (Lipinski definition) is 4. The van der Waals surface area contributed by atoms with E-state index >= 15 is 0 Å². The van der Waals surface area contributed by atoms with Crippen molar-refractivity contribution in [2.45, 2.75) is 26.0 Å². The molecule has 0 saturated carbocycles. The fraction of sp³-hybridized carbons (Fsp3) is 0.263. The van der Waals surface area contributed by atoms with Crippen LogP contribution >= 0.6 is 0 Å². The maximum Gasteiger partial charge on any atom is 0.311 e. The summed E-state index contributed by atoms with van der Waals surface area (Å²) in [6.45, 7) is 1.81. The van der Waals surface area contributed by atoms with Gasteiger partial charge < -0.3 is 14.8 Å². The van der Waals surface area contributed by atoms with Crippen LogP contribution in [0.15, 0.2) is 48.5 Å². The standard InChI is InChI=1S/C19H20FNO4/c1-13(25-18(22)11-15-4-3-5-16(20)10-15)19(23)21-12-14-6-8-17(24-2)9-7-14/h3-10,13H,11-12H2,1-2H3,(H,21,23)/t13-/m0/s1. The Labute approximate surface area is 145 Å². The van der Waals surface area contributed by atoms with Crippen LogP contribution in [0.5, 0.6) is 5.75 Å². The fourth-order valence-corrected chi connectivity index (χ4v) is 2.18. The molecule has 0 bridgehead atoms. The van der Waals surface area contributed by atoms with Crippen LogP contribution in [-0.4, -0.2) is 25.1 Å². The van der Waals surface area contributed by atoms with Crippen LogP contribution in [0, 0.1) is 5.82 Å². The lowest BCUT2D eigenvalue weighted by atomic mass is 10.1. The molecule has 0 aliphatic rings. The van der Waals surface area contributed by atoms with Crippen LogP contribution in [0.2, 0.25) is 0 Å². The third-order valence-corrected chi connectivity index (χ3v) is 3.54. The molecule has 0 unspecified atom stereocenters. The summed E-state index contributed by atoms with van der Waals surface area (Å²) in [4.78, 5) is 23.9. The van der Waals surface area contributed by atoms with Crippen LogP contribution in [0.3, 0.4) is 0 Å². The molecular weight excluding hydrogens is 325 g/mol. The van der Waals surface area contributed by atoms with Crippen molar-refractivity contribution in [2.75, 3.05) is 7.11 Å². The first-order chi connectivity index (χ1) is 12.0. The van der Waals surface area contributed by atoms with E-state index in [1.807, 2.05) is 12.1 Å².